The molecule has 4 aromatic rings. The highest BCUT2D eigenvalue weighted by molar-refractivity contribution is 6.00. The van der Waals surface area contributed by atoms with Gasteiger partial charge >= 0.3 is 0 Å². The molecule has 2 saturated heterocycles. The van der Waals surface area contributed by atoms with Crippen molar-refractivity contribution in [3.8, 4) is 11.1 Å². The molecule has 0 unspecified atom stereocenters. The van der Waals surface area contributed by atoms with Crippen LogP contribution in [0.5, 0.6) is 0 Å². The number of anilines is 1. The first-order valence-corrected chi connectivity index (χ1v) is 11.7. The number of nitrogens with two attached hydrogens (primary N) is 1. The smallest absolute Gasteiger partial charge is 0.292 e. The lowest BCUT2D eigenvalue weighted by Gasteiger charge is -2.38. The summed E-state index contributed by atoms with van der Waals surface area (Å²) in [4.78, 5) is 39.9. The molecule has 4 aromatic heterocycles. The second-order valence-corrected chi connectivity index (χ2v) is 9.40. The van der Waals surface area contributed by atoms with Gasteiger partial charge in [0.25, 0.3) is 5.91 Å². The minimum atomic E-state index is -0.145. The van der Waals surface area contributed by atoms with Gasteiger partial charge in [-0.1, -0.05) is 6.07 Å². The fourth-order valence-electron chi connectivity index (χ4n) is 5.68. The van der Waals surface area contributed by atoms with Gasteiger partial charge in [0.1, 0.15) is 12.1 Å². The van der Waals surface area contributed by atoms with E-state index >= 15 is 0 Å². The Kier molecular flexibility index (Phi) is 4.87. The molecule has 2 bridgehead atoms. The Labute approximate surface area is 200 Å². The number of aromatic amines is 1. The first-order chi connectivity index (χ1) is 16.9. The van der Waals surface area contributed by atoms with Crippen LogP contribution >= 0.6 is 0 Å². The number of aryl methyl sites for hydroxylation is 1. The Morgan fingerprint density at radius 1 is 1.14 bits per heavy atom. The van der Waals surface area contributed by atoms with Crippen LogP contribution in [-0.2, 0) is 0 Å². The first-order valence-electron chi connectivity index (χ1n) is 11.7. The van der Waals surface area contributed by atoms with Gasteiger partial charge in [0.15, 0.2) is 11.4 Å². The van der Waals surface area contributed by atoms with Crippen molar-refractivity contribution < 1.29 is 9.59 Å². The zero-order chi connectivity index (χ0) is 24.3. The SMILES string of the molecule is CC(=O)c1c([C@H]2C[C@H]3CC[C@@H](C2)N3C(=O)c2nnc[nH]2)nc2c(-c3ccc(C)nc3)cnn2c1N. The number of nitrogen functional groups attached to an aromatic ring is 1. The molecule has 6 heterocycles. The third-order valence-corrected chi connectivity index (χ3v) is 7.26. The van der Waals surface area contributed by atoms with E-state index in [0.717, 1.165) is 29.7 Å². The van der Waals surface area contributed by atoms with Crippen LogP contribution in [0.2, 0.25) is 0 Å². The van der Waals surface area contributed by atoms with E-state index in [1.54, 1.807) is 12.4 Å². The molecule has 2 fully saturated rings. The molecule has 3 atom stereocenters. The Balaban J connectivity index is 1.41. The summed E-state index contributed by atoms with van der Waals surface area (Å²) in [5.74, 6) is 0.262. The van der Waals surface area contributed by atoms with Crippen LogP contribution < -0.4 is 5.73 Å². The molecular formula is C24H25N9O2. The lowest BCUT2D eigenvalue weighted by Crippen LogP contribution is -2.46. The molecule has 6 rings (SSSR count). The number of hydrogen-bond donors (Lipinski definition) is 2. The van der Waals surface area contributed by atoms with E-state index in [1.807, 2.05) is 24.0 Å². The number of piperidine rings is 1. The number of hydrogen-bond acceptors (Lipinski definition) is 8. The summed E-state index contributed by atoms with van der Waals surface area (Å²) in [5, 5.41) is 12.1. The summed E-state index contributed by atoms with van der Waals surface area (Å²) < 4.78 is 1.53. The number of amides is 1. The highest BCUT2D eigenvalue weighted by Gasteiger charge is 2.45. The second kappa shape index (κ2) is 7.97. The minimum Gasteiger partial charge on any atom is -0.383 e. The van der Waals surface area contributed by atoms with Crippen molar-refractivity contribution in [2.24, 2.45) is 0 Å². The molecule has 2 aliphatic heterocycles. The van der Waals surface area contributed by atoms with Gasteiger partial charge in [-0.2, -0.15) is 9.61 Å². The van der Waals surface area contributed by atoms with E-state index in [2.05, 4.69) is 25.3 Å². The van der Waals surface area contributed by atoms with E-state index in [9.17, 15) is 9.59 Å². The molecule has 0 saturated carbocycles. The highest BCUT2D eigenvalue weighted by atomic mass is 16.2. The predicted molar refractivity (Wildman–Crippen MR) is 127 cm³/mol. The number of Topliss-reactive ketones (excluding diaryl/α,β-unsaturated/α-hetero) is 1. The van der Waals surface area contributed by atoms with Crippen molar-refractivity contribution in [3.63, 3.8) is 0 Å². The van der Waals surface area contributed by atoms with Gasteiger partial charge in [0.05, 0.1) is 17.5 Å². The number of fused-ring (bicyclic) bond motifs is 3. The number of carbonyl (C=O) groups excluding carboxylic acids is 2. The predicted octanol–water partition coefficient (Wildman–Crippen LogP) is 2.55. The van der Waals surface area contributed by atoms with E-state index in [1.165, 1.54) is 17.8 Å². The molecule has 2 aliphatic rings. The number of ketones is 1. The van der Waals surface area contributed by atoms with Crippen molar-refractivity contribution in [2.75, 3.05) is 5.73 Å². The molecule has 0 spiro atoms. The van der Waals surface area contributed by atoms with Crippen molar-refractivity contribution in [2.45, 2.75) is 57.5 Å². The molecule has 35 heavy (non-hydrogen) atoms. The van der Waals surface area contributed by atoms with Crippen LogP contribution in [0.25, 0.3) is 16.8 Å². The van der Waals surface area contributed by atoms with Crippen molar-refractivity contribution in [3.05, 3.63) is 53.6 Å². The molecule has 11 heteroatoms. The normalized spacial score (nSPS) is 21.5. The standard InChI is InChI=1S/C24H25N9O2/c1-12-3-4-14(9-26-12)18-10-29-33-21(25)19(13(2)34)20(30-23(18)33)15-7-16-5-6-17(8-15)32(16)24(35)22-27-11-28-31-22/h3-4,9-11,15-17H,5-8,25H2,1-2H3,(H,27,28,31)/t15-,16+,17-. The zero-order valence-corrected chi connectivity index (χ0v) is 19.5. The van der Waals surface area contributed by atoms with Gasteiger partial charge < -0.3 is 15.6 Å². The van der Waals surface area contributed by atoms with Crippen molar-refractivity contribution in [1.82, 2.24) is 39.7 Å². The number of aromatic nitrogens is 7. The number of rotatable bonds is 4. The summed E-state index contributed by atoms with van der Waals surface area (Å²) in [6.45, 7) is 3.44. The molecule has 1 amide bonds. The van der Waals surface area contributed by atoms with Crippen molar-refractivity contribution >= 4 is 23.2 Å². The zero-order valence-electron chi connectivity index (χ0n) is 19.5. The van der Waals surface area contributed by atoms with Gasteiger partial charge in [-0.05, 0) is 45.6 Å². The highest BCUT2D eigenvalue weighted by Crippen LogP contribution is 2.45. The van der Waals surface area contributed by atoms with Gasteiger partial charge in [0, 0.05) is 41.0 Å². The van der Waals surface area contributed by atoms with Crippen LogP contribution in [0.3, 0.4) is 0 Å². The topological polar surface area (TPSA) is 148 Å². The van der Waals surface area contributed by atoms with Crippen LogP contribution in [-0.4, -0.2) is 63.4 Å². The van der Waals surface area contributed by atoms with Crippen LogP contribution in [0.15, 0.2) is 30.9 Å². The second-order valence-electron chi connectivity index (χ2n) is 9.40. The first kappa shape index (κ1) is 21.4. The minimum absolute atomic E-state index is 0.00336. The summed E-state index contributed by atoms with van der Waals surface area (Å²) in [6.07, 6.45) is 8.12. The number of H-pyrrole nitrogens is 1. The van der Waals surface area contributed by atoms with Crippen LogP contribution in [0.4, 0.5) is 5.82 Å². The Hall–Kier alpha value is -4.15. The van der Waals surface area contributed by atoms with Crippen LogP contribution in [0, 0.1) is 6.92 Å². The molecule has 0 aromatic carbocycles. The largest absolute Gasteiger partial charge is 0.383 e. The average molecular weight is 472 g/mol. The van der Waals surface area contributed by atoms with Gasteiger partial charge in [-0.15, -0.1) is 10.2 Å². The molecule has 11 nitrogen and oxygen atoms in total. The number of nitrogens with one attached hydrogen (secondary N) is 1. The van der Waals surface area contributed by atoms with E-state index < -0.39 is 0 Å². The summed E-state index contributed by atoms with van der Waals surface area (Å²) in [7, 11) is 0. The molecule has 0 radical (unpaired) electrons. The Morgan fingerprint density at radius 3 is 2.54 bits per heavy atom. The fraction of sp³-hybridized carbons (Fsp3) is 0.375. The van der Waals surface area contributed by atoms with Crippen molar-refractivity contribution in [1.29, 1.82) is 0 Å². The number of carbonyl (C=O) groups is 2. The van der Waals surface area contributed by atoms with E-state index in [0.29, 0.717) is 29.7 Å². The molecular weight excluding hydrogens is 446 g/mol. The summed E-state index contributed by atoms with van der Waals surface area (Å²) in [6, 6.07) is 4.00. The maximum absolute atomic E-state index is 13.0. The molecule has 178 valence electrons. The number of nitrogens with zero attached hydrogens (tertiary/aromatic N) is 7. The van der Waals surface area contributed by atoms with E-state index in [-0.39, 0.29) is 41.3 Å². The molecule has 0 aliphatic carbocycles. The average Bonchev–Trinajstić information content (AvgIpc) is 3.57. The van der Waals surface area contributed by atoms with E-state index in [4.69, 9.17) is 10.7 Å². The number of pyridine rings is 1. The fourth-order valence-corrected chi connectivity index (χ4v) is 5.68. The Bertz CT molecular complexity index is 1430. The monoisotopic (exact) mass is 471 g/mol. The van der Waals surface area contributed by atoms with Gasteiger partial charge in [-0.3, -0.25) is 14.6 Å². The van der Waals surface area contributed by atoms with Crippen LogP contribution in [0.1, 0.15) is 70.9 Å². The molecule has 3 N–H and O–H groups in total. The summed E-state index contributed by atoms with van der Waals surface area (Å²) >= 11 is 0. The van der Waals surface area contributed by atoms with Gasteiger partial charge in [-0.25, -0.2) is 4.98 Å². The lowest BCUT2D eigenvalue weighted by atomic mass is 9.85. The maximum atomic E-state index is 13.0. The Morgan fingerprint density at radius 2 is 1.91 bits per heavy atom. The summed E-state index contributed by atoms with van der Waals surface area (Å²) in [5.41, 5.74) is 10.8. The van der Waals surface area contributed by atoms with Gasteiger partial charge in [0.2, 0.25) is 5.82 Å². The third kappa shape index (κ3) is 3.37. The lowest BCUT2D eigenvalue weighted by molar-refractivity contribution is 0.0556. The maximum Gasteiger partial charge on any atom is 0.292 e. The quantitative estimate of drug-likeness (QED) is 0.432. The third-order valence-electron chi connectivity index (χ3n) is 7.26.